The Balaban J connectivity index is 2.62. The average Bonchev–Trinajstić information content (AvgIpc) is 2.39. The van der Waals surface area contributed by atoms with Gasteiger partial charge in [0.25, 0.3) is 0 Å². The SMILES string of the molecule is CCCn1ccnc1SCC. The molecule has 0 amide bonds. The molecule has 1 heterocycles. The minimum absolute atomic E-state index is 1.09. The first-order valence-corrected chi connectivity index (χ1v) is 5.01. The quantitative estimate of drug-likeness (QED) is 0.646. The Morgan fingerprint density at radius 2 is 2.36 bits per heavy atom. The third-order valence-corrected chi connectivity index (χ3v) is 2.30. The van der Waals surface area contributed by atoms with Crippen LogP contribution in [0.5, 0.6) is 0 Å². The summed E-state index contributed by atoms with van der Waals surface area (Å²) >= 11 is 1.80. The van der Waals surface area contributed by atoms with E-state index in [0.717, 1.165) is 17.5 Å². The highest BCUT2D eigenvalue weighted by Gasteiger charge is 1.99. The van der Waals surface area contributed by atoms with Crippen LogP contribution in [0.15, 0.2) is 17.6 Å². The van der Waals surface area contributed by atoms with Crippen LogP contribution in [0.1, 0.15) is 20.3 Å². The summed E-state index contributed by atoms with van der Waals surface area (Å²) < 4.78 is 2.20. The molecule has 11 heavy (non-hydrogen) atoms. The molecule has 0 atom stereocenters. The van der Waals surface area contributed by atoms with Gasteiger partial charge in [0, 0.05) is 18.9 Å². The standard InChI is InChI=1S/C8H14N2S/c1-3-6-10-7-5-9-8(10)11-4-2/h5,7H,3-4,6H2,1-2H3. The molecule has 62 valence electrons. The summed E-state index contributed by atoms with van der Waals surface area (Å²) in [5.74, 6) is 1.10. The zero-order valence-electron chi connectivity index (χ0n) is 7.08. The van der Waals surface area contributed by atoms with Gasteiger partial charge in [-0.1, -0.05) is 25.6 Å². The van der Waals surface area contributed by atoms with Crippen LogP contribution in [0.3, 0.4) is 0 Å². The molecule has 1 aromatic heterocycles. The van der Waals surface area contributed by atoms with Crippen molar-refractivity contribution in [1.82, 2.24) is 9.55 Å². The summed E-state index contributed by atoms with van der Waals surface area (Å²) in [6.45, 7) is 5.42. The van der Waals surface area contributed by atoms with Crippen LogP contribution >= 0.6 is 11.8 Å². The summed E-state index contributed by atoms with van der Waals surface area (Å²) in [6, 6.07) is 0. The Morgan fingerprint density at radius 1 is 1.55 bits per heavy atom. The average molecular weight is 170 g/mol. The fourth-order valence-corrected chi connectivity index (χ4v) is 1.69. The van der Waals surface area contributed by atoms with E-state index < -0.39 is 0 Å². The van der Waals surface area contributed by atoms with Gasteiger partial charge in [-0.2, -0.15) is 0 Å². The monoisotopic (exact) mass is 170 g/mol. The Kier molecular flexibility index (Phi) is 3.49. The van der Waals surface area contributed by atoms with E-state index in [1.54, 1.807) is 11.8 Å². The number of thioether (sulfide) groups is 1. The molecule has 0 bridgehead atoms. The molecule has 3 heteroatoms. The second kappa shape index (κ2) is 4.44. The van der Waals surface area contributed by atoms with Gasteiger partial charge in [-0.25, -0.2) is 4.98 Å². The van der Waals surface area contributed by atoms with E-state index in [0.29, 0.717) is 0 Å². The van der Waals surface area contributed by atoms with E-state index in [-0.39, 0.29) is 0 Å². The van der Waals surface area contributed by atoms with E-state index in [9.17, 15) is 0 Å². The van der Waals surface area contributed by atoms with Crippen molar-refractivity contribution in [2.45, 2.75) is 32.0 Å². The van der Waals surface area contributed by atoms with Crippen LogP contribution in [0.2, 0.25) is 0 Å². The van der Waals surface area contributed by atoms with E-state index >= 15 is 0 Å². The van der Waals surface area contributed by atoms with Crippen LogP contribution in [0.25, 0.3) is 0 Å². The van der Waals surface area contributed by atoms with Gasteiger partial charge >= 0.3 is 0 Å². The lowest BCUT2D eigenvalue weighted by molar-refractivity contribution is 0.621. The van der Waals surface area contributed by atoms with Gasteiger partial charge in [-0.15, -0.1) is 0 Å². The lowest BCUT2D eigenvalue weighted by atomic mass is 10.5. The molecule has 0 fully saturated rings. The minimum Gasteiger partial charge on any atom is -0.326 e. The van der Waals surface area contributed by atoms with Crippen molar-refractivity contribution in [2.75, 3.05) is 5.75 Å². The van der Waals surface area contributed by atoms with E-state index in [2.05, 4.69) is 23.4 Å². The first-order valence-electron chi connectivity index (χ1n) is 4.02. The summed E-state index contributed by atoms with van der Waals surface area (Å²) in [7, 11) is 0. The lowest BCUT2D eigenvalue weighted by Gasteiger charge is -2.02. The van der Waals surface area contributed by atoms with Crippen LogP contribution in [-0.4, -0.2) is 15.3 Å². The Bertz CT molecular complexity index is 187. The maximum atomic E-state index is 4.25. The number of imidazole rings is 1. The normalized spacial score (nSPS) is 10.4. The number of hydrogen-bond acceptors (Lipinski definition) is 2. The zero-order chi connectivity index (χ0) is 8.10. The third-order valence-electron chi connectivity index (χ3n) is 1.42. The van der Waals surface area contributed by atoms with Crippen LogP contribution in [-0.2, 0) is 6.54 Å². The predicted octanol–water partition coefficient (Wildman–Crippen LogP) is 2.41. The second-order valence-electron chi connectivity index (χ2n) is 2.34. The lowest BCUT2D eigenvalue weighted by Crippen LogP contribution is -1.96. The van der Waals surface area contributed by atoms with Crippen molar-refractivity contribution in [3.05, 3.63) is 12.4 Å². The molecule has 1 aromatic rings. The van der Waals surface area contributed by atoms with Crippen LogP contribution in [0.4, 0.5) is 0 Å². The Hall–Kier alpha value is -0.440. The number of rotatable bonds is 4. The van der Waals surface area contributed by atoms with Gasteiger partial charge in [-0.05, 0) is 12.2 Å². The molecule has 0 aliphatic rings. The molecule has 0 aromatic carbocycles. The smallest absolute Gasteiger partial charge is 0.167 e. The molecule has 0 N–H and O–H groups in total. The van der Waals surface area contributed by atoms with Gasteiger partial charge < -0.3 is 4.57 Å². The van der Waals surface area contributed by atoms with E-state index in [1.807, 2.05) is 12.4 Å². The van der Waals surface area contributed by atoms with Gasteiger partial charge in [0.1, 0.15) is 0 Å². The van der Waals surface area contributed by atoms with Gasteiger partial charge in [0.15, 0.2) is 5.16 Å². The number of nitrogens with zero attached hydrogens (tertiary/aromatic N) is 2. The molecule has 0 radical (unpaired) electrons. The molecule has 1 rings (SSSR count). The Labute approximate surface area is 72.0 Å². The third kappa shape index (κ3) is 2.26. The first kappa shape index (κ1) is 8.65. The number of aryl methyl sites for hydroxylation is 1. The largest absolute Gasteiger partial charge is 0.326 e. The fourth-order valence-electron chi connectivity index (χ4n) is 0.976. The fraction of sp³-hybridized carbons (Fsp3) is 0.625. The molecule has 0 aliphatic carbocycles. The second-order valence-corrected chi connectivity index (χ2v) is 3.57. The summed E-state index contributed by atoms with van der Waals surface area (Å²) in [5.41, 5.74) is 0. The topological polar surface area (TPSA) is 17.8 Å². The predicted molar refractivity (Wildman–Crippen MR) is 48.9 cm³/mol. The van der Waals surface area contributed by atoms with Crippen molar-refractivity contribution < 1.29 is 0 Å². The molecular weight excluding hydrogens is 156 g/mol. The van der Waals surface area contributed by atoms with E-state index in [4.69, 9.17) is 0 Å². The van der Waals surface area contributed by atoms with Crippen LogP contribution in [0, 0.1) is 0 Å². The van der Waals surface area contributed by atoms with Crippen molar-refractivity contribution in [1.29, 1.82) is 0 Å². The molecule has 2 nitrogen and oxygen atoms in total. The van der Waals surface area contributed by atoms with Crippen molar-refractivity contribution >= 4 is 11.8 Å². The molecule has 0 spiro atoms. The molecule has 0 unspecified atom stereocenters. The molecular formula is C8H14N2S. The molecule has 0 saturated heterocycles. The van der Waals surface area contributed by atoms with Crippen LogP contribution < -0.4 is 0 Å². The molecule has 0 saturated carbocycles. The zero-order valence-corrected chi connectivity index (χ0v) is 7.90. The van der Waals surface area contributed by atoms with Gasteiger partial charge in [-0.3, -0.25) is 0 Å². The summed E-state index contributed by atoms with van der Waals surface area (Å²) in [6.07, 6.45) is 5.09. The van der Waals surface area contributed by atoms with E-state index in [1.165, 1.54) is 6.42 Å². The molecule has 0 aliphatic heterocycles. The minimum atomic E-state index is 1.09. The summed E-state index contributed by atoms with van der Waals surface area (Å²) in [4.78, 5) is 4.25. The maximum absolute atomic E-state index is 4.25. The first-order chi connectivity index (χ1) is 5.38. The highest BCUT2D eigenvalue weighted by molar-refractivity contribution is 7.99. The van der Waals surface area contributed by atoms with Gasteiger partial charge in [0.2, 0.25) is 0 Å². The summed E-state index contributed by atoms with van der Waals surface area (Å²) in [5, 5.41) is 1.15. The number of hydrogen-bond donors (Lipinski definition) is 0. The van der Waals surface area contributed by atoms with Crippen molar-refractivity contribution in [2.24, 2.45) is 0 Å². The number of aromatic nitrogens is 2. The highest BCUT2D eigenvalue weighted by Crippen LogP contribution is 2.14. The maximum Gasteiger partial charge on any atom is 0.167 e. The highest BCUT2D eigenvalue weighted by atomic mass is 32.2. The van der Waals surface area contributed by atoms with Crippen molar-refractivity contribution in [3.63, 3.8) is 0 Å². The Morgan fingerprint density at radius 3 is 3.00 bits per heavy atom. The van der Waals surface area contributed by atoms with Gasteiger partial charge in [0.05, 0.1) is 0 Å². The van der Waals surface area contributed by atoms with Crippen molar-refractivity contribution in [3.8, 4) is 0 Å².